The fraction of sp³-hybridized carbons (Fsp3) is 0.364. The summed E-state index contributed by atoms with van der Waals surface area (Å²) >= 11 is 0. The molecule has 0 aromatic heterocycles. The molecule has 0 bridgehead atoms. The average Bonchev–Trinajstić information content (AvgIpc) is 3.17. The summed E-state index contributed by atoms with van der Waals surface area (Å²) in [5.74, 6) is 1.35. The van der Waals surface area contributed by atoms with E-state index in [2.05, 4.69) is 33.0 Å². The Morgan fingerprint density at radius 1 is 0.704 bits per heavy atom. The number of rotatable bonds is 4. The highest BCUT2D eigenvalue weighted by Crippen LogP contribution is 2.30. The Bertz CT molecular complexity index is 853. The van der Waals surface area contributed by atoms with Gasteiger partial charge in [-0.3, -0.25) is 0 Å². The molecule has 2 aromatic rings. The lowest BCUT2D eigenvalue weighted by molar-refractivity contribution is 0.279. The molecule has 0 saturated heterocycles. The van der Waals surface area contributed by atoms with Crippen LogP contribution in [0, 0.1) is 0 Å². The highest BCUT2D eigenvalue weighted by Gasteiger charge is 2.30. The number of hydrogen-bond donors (Lipinski definition) is 1. The number of para-hydroxylation sites is 2. The van der Waals surface area contributed by atoms with E-state index in [1.807, 2.05) is 48.5 Å². The fourth-order valence-corrected chi connectivity index (χ4v) is 3.15. The van der Waals surface area contributed by atoms with Gasteiger partial charge in [-0.05, 0) is 52.0 Å². The van der Waals surface area contributed by atoms with E-state index in [0.29, 0.717) is 25.0 Å². The molecule has 5 heteroatoms. The van der Waals surface area contributed by atoms with Crippen molar-refractivity contribution in [3.63, 3.8) is 0 Å². The minimum Gasteiger partial charge on any atom is -0.475 e. The normalized spacial score (nSPS) is 19.7. The number of nitrogens with one attached hydrogen (secondary N) is 1. The van der Waals surface area contributed by atoms with Crippen LogP contribution in [0.4, 0.5) is 11.4 Å². The Hall–Kier alpha value is -2.82. The molecule has 0 unspecified atom stereocenters. The fourth-order valence-electron chi connectivity index (χ4n) is 3.15. The van der Waals surface area contributed by atoms with Gasteiger partial charge in [0.05, 0.1) is 33.6 Å². The van der Waals surface area contributed by atoms with E-state index in [1.54, 1.807) is 0 Å². The van der Waals surface area contributed by atoms with Gasteiger partial charge in [-0.2, -0.15) is 0 Å². The molecule has 2 aliphatic rings. The molecule has 4 rings (SSSR count). The van der Waals surface area contributed by atoms with Gasteiger partial charge in [0.2, 0.25) is 11.8 Å². The Morgan fingerprint density at radius 3 is 1.48 bits per heavy atom. The summed E-state index contributed by atoms with van der Waals surface area (Å²) in [6.07, 6.45) is 0. The SMILES string of the molecule is CC1(C)COC(c2ccccc2Nc2ccccc2C2=NC(C)(C)CO2)=N1. The lowest BCUT2D eigenvalue weighted by atomic mass is 10.1. The zero-order valence-electron chi connectivity index (χ0n) is 16.2. The summed E-state index contributed by atoms with van der Waals surface area (Å²) in [7, 11) is 0. The van der Waals surface area contributed by atoms with Crippen LogP contribution in [0.1, 0.15) is 38.8 Å². The molecule has 2 aliphatic heterocycles. The van der Waals surface area contributed by atoms with E-state index < -0.39 is 0 Å². The van der Waals surface area contributed by atoms with Gasteiger partial charge < -0.3 is 14.8 Å². The van der Waals surface area contributed by atoms with Crippen LogP contribution < -0.4 is 5.32 Å². The second-order valence-electron chi connectivity index (χ2n) is 8.25. The minimum atomic E-state index is -0.196. The molecule has 0 radical (unpaired) electrons. The highest BCUT2D eigenvalue weighted by molar-refractivity contribution is 6.04. The maximum absolute atomic E-state index is 5.85. The Balaban J connectivity index is 1.69. The maximum atomic E-state index is 5.85. The van der Waals surface area contributed by atoms with E-state index in [4.69, 9.17) is 19.5 Å². The number of ether oxygens (including phenoxy) is 2. The van der Waals surface area contributed by atoms with Gasteiger partial charge in [0.15, 0.2) is 0 Å². The van der Waals surface area contributed by atoms with Gasteiger partial charge in [-0.15, -0.1) is 0 Å². The standard InChI is InChI=1S/C22H25N3O2/c1-21(2)13-26-19(24-21)15-9-5-7-11-17(15)23-18-12-8-6-10-16(18)20-25-22(3,4)14-27-20/h5-12,23H,13-14H2,1-4H3. The van der Waals surface area contributed by atoms with Gasteiger partial charge >= 0.3 is 0 Å². The van der Waals surface area contributed by atoms with Crippen LogP contribution in [-0.4, -0.2) is 36.1 Å². The van der Waals surface area contributed by atoms with Crippen molar-refractivity contribution >= 4 is 23.2 Å². The molecule has 0 aliphatic carbocycles. The molecule has 2 heterocycles. The van der Waals surface area contributed by atoms with Crippen LogP contribution in [0.15, 0.2) is 58.5 Å². The van der Waals surface area contributed by atoms with Crippen molar-refractivity contribution in [3.8, 4) is 0 Å². The first-order valence-corrected chi connectivity index (χ1v) is 9.24. The summed E-state index contributed by atoms with van der Waals surface area (Å²) < 4.78 is 11.7. The van der Waals surface area contributed by atoms with Crippen molar-refractivity contribution in [2.75, 3.05) is 18.5 Å². The van der Waals surface area contributed by atoms with E-state index in [1.165, 1.54) is 0 Å². The molecule has 140 valence electrons. The monoisotopic (exact) mass is 363 g/mol. The van der Waals surface area contributed by atoms with Crippen molar-refractivity contribution in [1.29, 1.82) is 0 Å². The molecule has 0 saturated carbocycles. The van der Waals surface area contributed by atoms with Crippen LogP contribution in [0.25, 0.3) is 0 Å². The Morgan fingerprint density at radius 2 is 1.11 bits per heavy atom. The number of nitrogens with zero attached hydrogens (tertiary/aromatic N) is 2. The molecule has 0 fully saturated rings. The first kappa shape index (κ1) is 17.6. The molecule has 5 nitrogen and oxygen atoms in total. The summed E-state index contributed by atoms with van der Waals surface area (Å²) in [5, 5.41) is 3.53. The topological polar surface area (TPSA) is 55.2 Å². The quantitative estimate of drug-likeness (QED) is 0.867. The third kappa shape index (κ3) is 3.68. The smallest absolute Gasteiger partial charge is 0.218 e. The first-order chi connectivity index (χ1) is 12.8. The van der Waals surface area contributed by atoms with Gasteiger partial charge in [-0.1, -0.05) is 24.3 Å². The summed E-state index contributed by atoms with van der Waals surface area (Å²) in [5.41, 5.74) is 3.40. The minimum absolute atomic E-state index is 0.196. The Labute approximate surface area is 160 Å². The van der Waals surface area contributed by atoms with Crippen molar-refractivity contribution in [1.82, 2.24) is 0 Å². The summed E-state index contributed by atoms with van der Waals surface area (Å²) in [6, 6.07) is 16.1. The number of aliphatic imine (C=N–C) groups is 2. The third-order valence-corrected chi connectivity index (χ3v) is 4.52. The van der Waals surface area contributed by atoms with Gasteiger partial charge in [0.1, 0.15) is 13.2 Å². The molecule has 0 atom stereocenters. The van der Waals surface area contributed by atoms with Crippen LogP contribution in [0.3, 0.4) is 0 Å². The largest absolute Gasteiger partial charge is 0.475 e. The van der Waals surface area contributed by atoms with Crippen molar-refractivity contribution < 1.29 is 9.47 Å². The lowest BCUT2D eigenvalue weighted by Crippen LogP contribution is -2.17. The summed E-state index contributed by atoms with van der Waals surface area (Å²) in [4.78, 5) is 9.44. The zero-order chi connectivity index (χ0) is 19.1. The molecule has 0 amide bonds. The number of benzene rings is 2. The molecule has 27 heavy (non-hydrogen) atoms. The predicted octanol–water partition coefficient (Wildman–Crippen LogP) is 4.54. The van der Waals surface area contributed by atoms with Crippen molar-refractivity contribution in [3.05, 3.63) is 59.7 Å². The van der Waals surface area contributed by atoms with Crippen LogP contribution in [0.5, 0.6) is 0 Å². The number of hydrogen-bond acceptors (Lipinski definition) is 5. The second-order valence-corrected chi connectivity index (χ2v) is 8.25. The van der Waals surface area contributed by atoms with E-state index in [-0.39, 0.29) is 11.1 Å². The first-order valence-electron chi connectivity index (χ1n) is 9.24. The number of anilines is 2. The Kier molecular flexibility index (Phi) is 4.17. The molecular weight excluding hydrogens is 338 g/mol. The molecule has 1 N–H and O–H groups in total. The third-order valence-electron chi connectivity index (χ3n) is 4.52. The van der Waals surface area contributed by atoms with Crippen LogP contribution in [0.2, 0.25) is 0 Å². The van der Waals surface area contributed by atoms with Crippen molar-refractivity contribution in [2.45, 2.75) is 38.8 Å². The van der Waals surface area contributed by atoms with Crippen LogP contribution >= 0.6 is 0 Å². The average molecular weight is 363 g/mol. The van der Waals surface area contributed by atoms with Gasteiger partial charge in [0.25, 0.3) is 0 Å². The van der Waals surface area contributed by atoms with Crippen molar-refractivity contribution in [2.24, 2.45) is 9.98 Å². The van der Waals surface area contributed by atoms with Gasteiger partial charge in [0, 0.05) is 0 Å². The van der Waals surface area contributed by atoms with Gasteiger partial charge in [-0.25, -0.2) is 9.98 Å². The molecule has 2 aromatic carbocycles. The summed E-state index contributed by atoms with van der Waals surface area (Å²) in [6.45, 7) is 9.47. The van der Waals surface area contributed by atoms with E-state index >= 15 is 0 Å². The molecule has 0 spiro atoms. The highest BCUT2D eigenvalue weighted by atomic mass is 16.5. The lowest BCUT2D eigenvalue weighted by Gasteiger charge is -2.15. The van der Waals surface area contributed by atoms with Crippen LogP contribution in [-0.2, 0) is 9.47 Å². The van der Waals surface area contributed by atoms with E-state index in [0.717, 1.165) is 22.5 Å². The second kappa shape index (κ2) is 6.41. The maximum Gasteiger partial charge on any atom is 0.218 e. The predicted molar refractivity (Wildman–Crippen MR) is 109 cm³/mol. The van der Waals surface area contributed by atoms with E-state index in [9.17, 15) is 0 Å². The molecular formula is C22H25N3O2. The zero-order valence-corrected chi connectivity index (χ0v) is 16.2.